The second-order valence-corrected chi connectivity index (χ2v) is 8.42. The standard InChI is InChI=1S/C21H18F3N3O3S/c1-14-8-9-18(31(29,30)26-13-17-6-2-3-10-25-17)12-19(14)20(28)27-16-7-4-5-15(11-16)21(22,23)24/h2-12,26H,13H2,1H3,(H,27,28). The Balaban J connectivity index is 1.81. The molecule has 10 heteroatoms. The molecule has 3 aromatic rings. The Bertz CT molecular complexity index is 1200. The van der Waals surface area contributed by atoms with Gasteiger partial charge in [-0.25, -0.2) is 13.1 Å². The molecule has 0 bridgehead atoms. The highest BCUT2D eigenvalue weighted by Gasteiger charge is 2.30. The monoisotopic (exact) mass is 449 g/mol. The van der Waals surface area contributed by atoms with Crippen molar-refractivity contribution in [1.82, 2.24) is 9.71 Å². The van der Waals surface area contributed by atoms with E-state index in [1.54, 1.807) is 25.1 Å². The number of sulfonamides is 1. The number of amides is 1. The van der Waals surface area contributed by atoms with Gasteiger partial charge in [-0.15, -0.1) is 0 Å². The van der Waals surface area contributed by atoms with Gasteiger partial charge in [0.1, 0.15) is 0 Å². The van der Waals surface area contributed by atoms with E-state index in [0.717, 1.165) is 12.1 Å². The molecule has 0 saturated heterocycles. The molecule has 1 heterocycles. The Morgan fingerprint density at radius 1 is 1.03 bits per heavy atom. The van der Waals surface area contributed by atoms with E-state index in [0.29, 0.717) is 11.3 Å². The third-order valence-electron chi connectivity index (χ3n) is 4.38. The zero-order valence-electron chi connectivity index (χ0n) is 16.3. The minimum Gasteiger partial charge on any atom is -0.322 e. The first kappa shape index (κ1) is 22.4. The van der Waals surface area contributed by atoms with Gasteiger partial charge < -0.3 is 5.32 Å². The van der Waals surface area contributed by atoms with Gasteiger partial charge in [0.05, 0.1) is 22.7 Å². The van der Waals surface area contributed by atoms with Crippen LogP contribution in [0.25, 0.3) is 0 Å². The number of pyridine rings is 1. The average molecular weight is 449 g/mol. The minimum absolute atomic E-state index is 0.0260. The molecule has 0 unspecified atom stereocenters. The van der Waals surface area contributed by atoms with Crippen molar-refractivity contribution < 1.29 is 26.4 Å². The number of hydrogen-bond acceptors (Lipinski definition) is 4. The second kappa shape index (κ2) is 8.86. The lowest BCUT2D eigenvalue weighted by atomic mass is 10.1. The largest absolute Gasteiger partial charge is 0.416 e. The molecule has 162 valence electrons. The predicted molar refractivity (Wildman–Crippen MR) is 109 cm³/mol. The fourth-order valence-electron chi connectivity index (χ4n) is 2.74. The van der Waals surface area contributed by atoms with E-state index in [4.69, 9.17) is 0 Å². The molecule has 1 amide bonds. The summed E-state index contributed by atoms with van der Waals surface area (Å²) < 4.78 is 66.3. The van der Waals surface area contributed by atoms with Crippen LogP contribution in [0.1, 0.15) is 27.2 Å². The van der Waals surface area contributed by atoms with Crippen LogP contribution >= 0.6 is 0 Å². The number of benzene rings is 2. The number of alkyl halides is 3. The number of rotatable bonds is 6. The molecule has 0 aliphatic heterocycles. The summed E-state index contributed by atoms with van der Waals surface area (Å²) in [6, 6.07) is 13.2. The molecule has 31 heavy (non-hydrogen) atoms. The molecule has 0 atom stereocenters. The van der Waals surface area contributed by atoms with Gasteiger partial charge in [0.15, 0.2) is 0 Å². The maximum Gasteiger partial charge on any atom is 0.416 e. The minimum atomic E-state index is -4.55. The average Bonchev–Trinajstić information content (AvgIpc) is 2.73. The molecule has 2 N–H and O–H groups in total. The van der Waals surface area contributed by atoms with Crippen LogP contribution in [0.15, 0.2) is 71.8 Å². The van der Waals surface area contributed by atoms with Gasteiger partial charge in [-0.3, -0.25) is 9.78 Å². The molecule has 1 aromatic heterocycles. The normalized spacial score (nSPS) is 11.9. The third kappa shape index (κ3) is 5.68. The molecule has 0 fully saturated rings. The quantitative estimate of drug-likeness (QED) is 0.592. The van der Waals surface area contributed by atoms with Crippen LogP contribution in [-0.4, -0.2) is 19.3 Å². The Labute approximate surface area is 177 Å². The van der Waals surface area contributed by atoms with Crippen molar-refractivity contribution in [3.63, 3.8) is 0 Å². The number of halogens is 3. The fourth-order valence-corrected chi connectivity index (χ4v) is 3.76. The van der Waals surface area contributed by atoms with Crippen molar-refractivity contribution in [2.75, 3.05) is 5.32 Å². The number of aromatic nitrogens is 1. The van der Waals surface area contributed by atoms with Crippen LogP contribution in [-0.2, 0) is 22.7 Å². The van der Waals surface area contributed by atoms with Crippen molar-refractivity contribution >= 4 is 21.6 Å². The van der Waals surface area contributed by atoms with Crippen LogP contribution in [0.2, 0.25) is 0 Å². The lowest BCUT2D eigenvalue weighted by Crippen LogP contribution is -2.24. The number of nitrogens with zero attached hydrogens (tertiary/aromatic N) is 1. The lowest BCUT2D eigenvalue weighted by molar-refractivity contribution is -0.137. The highest BCUT2D eigenvalue weighted by molar-refractivity contribution is 7.89. The molecular formula is C21H18F3N3O3S. The van der Waals surface area contributed by atoms with Crippen LogP contribution < -0.4 is 10.0 Å². The van der Waals surface area contributed by atoms with Gasteiger partial charge in [0, 0.05) is 17.4 Å². The lowest BCUT2D eigenvalue weighted by Gasteiger charge is -2.12. The Hall–Kier alpha value is -3.24. The van der Waals surface area contributed by atoms with E-state index in [1.807, 2.05) is 0 Å². The molecule has 0 radical (unpaired) electrons. The van der Waals surface area contributed by atoms with Gasteiger partial charge >= 0.3 is 6.18 Å². The van der Waals surface area contributed by atoms with E-state index in [-0.39, 0.29) is 22.7 Å². The molecule has 0 spiro atoms. The second-order valence-electron chi connectivity index (χ2n) is 6.66. The topological polar surface area (TPSA) is 88.2 Å². The molecule has 6 nitrogen and oxygen atoms in total. The number of carbonyl (C=O) groups is 1. The van der Waals surface area contributed by atoms with Crippen LogP contribution in [0, 0.1) is 6.92 Å². The summed E-state index contributed by atoms with van der Waals surface area (Å²) >= 11 is 0. The SMILES string of the molecule is Cc1ccc(S(=O)(=O)NCc2ccccn2)cc1C(=O)Nc1cccc(C(F)(F)F)c1. The first-order chi connectivity index (χ1) is 14.6. The van der Waals surface area contributed by atoms with E-state index in [2.05, 4.69) is 15.0 Å². The number of aryl methyl sites for hydroxylation is 1. The highest BCUT2D eigenvalue weighted by atomic mass is 32.2. The Kier molecular flexibility index (Phi) is 6.42. The molecular weight excluding hydrogens is 431 g/mol. The molecule has 0 aliphatic carbocycles. The van der Waals surface area contributed by atoms with Crippen LogP contribution in [0.3, 0.4) is 0 Å². The Morgan fingerprint density at radius 2 is 1.81 bits per heavy atom. The van der Waals surface area contributed by atoms with E-state index in [9.17, 15) is 26.4 Å². The number of hydrogen-bond donors (Lipinski definition) is 2. The number of anilines is 1. The van der Waals surface area contributed by atoms with Gasteiger partial charge in [0.2, 0.25) is 10.0 Å². The predicted octanol–water partition coefficient (Wildman–Crippen LogP) is 4.14. The van der Waals surface area contributed by atoms with E-state index >= 15 is 0 Å². The van der Waals surface area contributed by atoms with Crippen LogP contribution in [0.5, 0.6) is 0 Å². The zero-order chi connectivity index (χ0) is 22.6. The highest BCUT2D eigenvalue weighted by Crippen LogP contribution is 2.30. The third-order valence-corrected chi connectivity index (χ3v) is 5.78. The van der Waals surface area contributed by atoms with E-state index in [1.165, 1.54) is 36.5 Å². The van der Waals surface area contributed by atoms with Crippen LogP contribution in [0.4, 0.5) is 18.9 Å². The summed E-state index contributed by atoms with van der Waals surface area (Å²) in [6.07, 6.45) is -3.02. The van der Waals surface area contributed by atoms with Crippen molar-refractivity contribution in [2.24, 2.45) is 0 Å². The summed E-state index contributed by atoms with van der Waals surface area (Å²) in [5.74, 6) is -0.724. The van der Waals surface area contributed by atoms with Gasteiger partial charge in [-0.05, 0) is 55.0 Å². The van der Waals surface area contributed by atoms with Crippen molar-refractivity contribution in [1.29, 1.82) is 0 Å². The molecule has 0 saturated carbocycles. The van der Waals surface area contributed by atoms with Gasteiger partial charge in [-0.1, -0.05) is 18.2 Å². The smallest absolute Gasteiger partial charge is 0.322 e. The summed E-state index contributed by atoms with van der Waals surface area (Å²) in [5, 5.41) is 2.38. The summed E-state index contributed by atoms with van der Waals surface area (Å²) in [5.41, 5.74) is 0.0461. The maximum atomic E-state index is 12.9. The fraction of sp³-hybridized carbons (Fsp3) is 0.143. The zero-order valence-corrected chi connectivity index (χ0v) is 17.1. The first-order valence-electron chi connectivity index (χ1n) is 9.05. The van der Waals surface area contributed by atoms with Gasteiger partial charge in [-0.2, -0.15) is 13.2 Å². The molecule has 2 aromatic carbocycles. The maximum absolute atomic E-state index is 12.9. The number of carbonyl (C=O) groups excluding carboxylic acids is 1. The molecule has 0 aliphatic rings. The van der Waals surface area contributed by atoms with Crippen molar-refractivity contribution in [3.05, 3.63) is 89.2 Å². The number of nitrogens with one attached hydrogen (secondary N) is 2. The van der Waals surface area contributed by atoms with Crippen molar-refractivity contribution in [2.45, 2.75) is 24.5 Å². The first-order valence-corrected chi connectivity index (χ1v) is 10.5. The van der Waals surface area contributed by atoms with Crippen molar-refractivity contribution in [3.8, 4) is 0 Å². The van der Waals surface area contributed by atoms with Gasteiger partial charge in [0.25, 0.3) is 5.91 Å². The summed E-state index contributed by atoms with van der Waals surface area (Å²) in [4.78, 5) is 16.5. The molecule has 3 rings (SSSR count). The van der Waals surface area contributed by atoms with E-state index < -0.39 is 27.7 Å². The Morgan fingerprint density at radius 3 is 2.48 bits per heavy atom. The summed E-state index contributed by atoms with van der Waals surface area (Å²) in [6.45, 7) is 1.56. The summed E-state index contributed by atoms with van der Waals surface area (Å²) in [7, 11) is -3.95.